The summed E-state index contributed by atoms with van der Waals surface area (Å²) in [6, 6.07) is 20.2. The number of methoxy groups -OCH3 is 1. The number of anilines is 2. The summed E-state index contributed by atoms with van der Waals surface area (Å²) in [6.45, 7) is 2.11. The molecule has 1 aliphatic rings. The fraction of sp³-hybridized carbons (Fsp3) is 0.259. The molecule has 1 heterocycles. The maximum Gasteiger partial charge on any atom is 0.262 e. The molecular weight excluding hydrogens is 449 g/mol. The molecule has 1 aliphatic heterocycles. The SMILES string of the molecule is COc1cccc(NC(=O)COc2ccc(C(=O)NCC3CCN(c4ccc(F)cc4)C3)cc2)c1. The van der Waals surface area contributed by atoms with Crippen LogP contribution in [0, 0.1) is 11.7 Å². The van der Waals surface area contributed by atoms with Gasteiger partial charge in [0.2, 0.25) is 0 Å². The maximum absolute atomic E-state index is 13.1. The van der Waals surface area contributed by atoms with Crippen molar-refractivity contribution in [2.75, 3.05) is 43.6 Å². The molecule has 182 valence electrons. The van der Waals surface area contributed by atoms with Gasteiger partial charge < -0.3 is 25.0 Å². The van der Waals surface area contributed by atoms with Gasteiger partial charge in [0.1, 0.15) is 17.3 Å². The lowest BCUT2D eigenvalue weighted by atomic mass is 10.1. The van der Waals surface area contributed by atoms with Gasteiger partial charge in [-0.15, -0.1) is 0 Å². The fourth-order valence-corrected chi connectivity index (χ4v) is 3.97. The van der Waals surface area contributed by atoms with Gasteiger partial charge in [-0.3, -0.25) is 9.59 Å². The second kappa shape index (κ2) is 11.4. The largest absolute Gasteiger partial charge is 0.497 e. The van der Waals surface area contributed by atoms with Crippen molar-refractivity contribution in [1.82, 2.24) is 5.32 Å². The molecule has 4 rings (SSSR count). The zero-order chi connectivity index (χ0) is 24.6. The fourth-order valence-electron chi connectivity index (χ4n) is 3.97. The van der Waals surface area contributed by atoms with E-state index in [2.05, 4.69) is 15.5 Å². The number of hydrogen-bond acceptors (Lipinski definition) is 5. The number of halogens is 1. The van der Waals surface area contributed by atoms with Gasteiger partial charge in [-0.05, 0) is 73.0 Å². The minimum atomic E-state index is -0.300. The molecule has 0 bridgehead atoms. The van der Waals surface area contributed by atoms with E-state index in [4.69, 9.17) is 9.47 Å². The lowest BCUT2D eigenvalue weighted by Gasteiger charge is -2.18. The van der Waals surface area contributed by atoms with E-state index in [1.165, 1.54) is 12.1 Å². The number of carbonyl (C=O) groups is 2. The minimum Gasteiger partial charge on any atom is -0.497 e. The molecule has 1 saturated heterocycles. The Morgan fingerprint density at radius 3 is 2.54 bits per heavy atom. The summed E-state index contributed by atoms with van der Waals surface area (Å²) < 4.78 is 23.8. The molecule has 0 radical (unpaired) electrons. The zero-order valence-corrected chi connectivity index (χ0v) is 19.5. The van der Waals surface area contributed by atoms with Crippen molar-refractivity contribution in [3.05, 3.63) is 84.2 Å². The third-order valence-electron chi connectivity index (χ3n) is 5.87. The molecule has 3 aromatic carbocycles. The first kappa shape index (κ1) is 24.1. The third-order valence-corrected chi connectivity index (χ3v) is 5.87. The van der Waals surface area contributed by atoms with Crippen LogP contribution in [0.25, 0.3) is 0 Å². The van der Waals surface area contributed by atoms with Gasteiger partial charge in [0.15, 0.2) is 6.61 Å². The molecule has 0 aromatic heterocycles. The van der Waals surface area contributed by atoms with Crippen LogP contribution in [0.5, 0.6) is 11.5 Å². The van der Waals surface area contributed by atoms with E-state index in [1.807, 2.05) is 0 Å². The van der Waals surface area contributed by atoms with Crippen LogP contribution in [0.2, 0.25) is 0 Å². The van der Waals surface area contributed by atoms with Crippen molar-refractivity contribution < 1.29 is 23.5 Å². The summed E-state index contributed by atoms with van der Waals surface area (Å²) in [6.07, 6.45) is 0.961. The van der Waals surface area contributed by atoms with Gasteiger partial charge in [0, 0.05) is 42.6 Å². The summed E-state index contributed by atoms with van der Waals surface area (Å²) in [5.74, 6) is 0.766. The van der Waals surface area contributed by atoms with Crippen LogP contribution >= 0.6 is 0 Å². The van der Waals surface area contributed by atoms with E-state index >= 15 is 0 Å². The zero-order valence-electron chi connectivity index (χ0n) is 19.5. The first-order chi connectivity index (χ1) is 17.0. The molecule has 3 aromatic rings. The topological polar surface area (TPSA) is 79.9 Å². The smallest absolute Gasteiger partial charge is 0.262 e. The van der Waals surface area contributed by atoms with E-state index in [0.717, 1.165) is 25.2 Å². The van der Waals surface area contributed by atoms with E-state index in [1.54, 1.807) is 67.8 Å². The Hall–Kier alpha value is -4.07. The van der Waals surface area contributed by atoms with Gasteiger partial charge in [-0.25, -0.2) is 4.39 Å². The molecule has 1 unspecified atom stereocenters. The Kier molecular flexibility index (Phi) is 7.82. The quantitative estimate of drug-likeness (QED) is 0.485. The van der Waals surface area contributed by atoms with E-state index < -0.39 is 0 Å². The second-order valence-corrected chi connectivity index (χ2v) is 8.38. The lowest BCUT2D eigenvalue weighted by Crippen LogP contribution is -2.31. The predicted molar refractivity (Wildman–Crippen MR) is 133 cm³/mol. The summed E-state index contributed by atoms with van der Waals surface area (Å²) in [7, 11) is 1.56. The van der Waals surface area contributed by atoms with Crippen LogP contribution in [0.1, 0.15) is 16.8 Å². The molecule has 2 amide bonds. The standard InChI is InChI=1S/C27H28FN3O4/c1-34-25-4-2-3-22(15-25)30-26(32)18-35-24-11-5-20(6-12-24)27(33)29-16-19-13-14-31(17-19)23-9-7-21(28)8-10-23/h2-12,15,19H,13-14,16-18H2,1H3,(H,29,33)(H,30,32). The highest BCUT2D eigenvalue weighted by atomic mass is 19.1. The molecule has 0 spiro atoms. The first-order valence-corrected chi connectivity index (χ1v) is 11.5. The molecule has 0 saturated carbocycles. The number of ether oxygens (including phenoxy) is 2. The van der Waals surface area contributed by atoms with Gasteiger partial charge >= 0.3 is 0 Å². The van der Waals surface area contributed by atoms with Crippen molar-refractivity contribution in [1.29, 1.82) is 0 Å². The normalized spacial score (nSPS) is 14.9. The molecule has 1 fully saturated rings. The van der Waals surface area contributed by atoms with E-state index in [0.29, 0.717) is 35.2 Å². The van der Waals surface area contributed by atoms with Gasteiger partial charge in [0.25, 0.3) is 11.8 Å². The van der Waals surface area contributed by atoms with Crippen LogP contribution < -0.4 is 25.0 Å². The third kappa shape index (κ3) is 6.72. The number of benzene rings is 3. The highest BCUT2D eigenvalue weighted by molar-refractivity contribution is 5.94. The number of hydrogen-bond donors (Lipinski definition) is 2. The monoisotopic (exact) mass is 477 g/mol. The van der Waals surface area contributed by atoms with Crippen LogP contribution in [0.3, 0.4) is 0 Å². The Morgan fingerprint density at radius 1 is 1.03 bits per heavy atom. The van der Waals surface area contributed by atoms with E-state index in [-0.39, 0.29) is 24.2 Å². The molecule has 1 atom stereocenters. The molecule has 35 heavy (non-hydrogen) atoms. The molecule has 0 aliphatic carbocycles. The first-order valence-electron chi connectivity index (χ1n) is 11.5. The molecular formula is C27H28FN3O4. The van der Waals surface area contributed by atoms with Crippen molar-refractivity contribution in [2.45, 2.75) is 6.42 Å². The van der Waals surface area contributed by atoms with Gasteiger partial charge in [0.05, 0.1) is 7.11 Å². The number of nitrogens with one attached hydrogen (secondary N) is 2. The lowest BCUT2D eigenvalue weighted by molar-refractivity contribution is -0.118. The number of nitrogens with zero attached hydrogens (tertiary/aromatic N) is 1. The van der Waals surface area contributed by atoms with E-state index in [9.17, 15) is 14.0 Å². The Labute approximate surface area is 203 Å². The number of carbonyl (C=O) groups excluding carboxylic acids is 2. The van der Waals surface area contributed by atoms with Crippen molar-refractivity contribution >= 4 is 23.2 Å². The maximum atomic E-state index is 13.1. The van der Waals surface area contributed by atoms with Gasteiger partial charge in [-0.1, -0.05) is 6.07 Å². The second-order valence-electron chi connectivity index (χ2n) is 8.38. The van der Waals surface area contributed by atoms with Crippen molar-refractivity contribution in [2.24, 2.45) is 5.92 Å². The summed E-state index contributed by atoms with van der Waals surface area (Å²) >= 11 is 0. The molecule has 2 N–H and O–H groups in total. The summed E-state index contributed by atoms with van der Waals surface area (Å²) in [5.41, 5.74) is 2.13. The summed E-state index contributed by atoms with van der Waals surface area (Å²) in [5, 5.41) is 5.74. The van der Waals surface area contributed by atoms with Gasteiger partial charge in [-0.2, -0.15) is 0 Å². The number of rotatable bonds is 9. The van der Waals surface area contributed by atoms with Crippen molar-refractivity contribution in [3.8, 4) is 11.5 Å². The Morgan fingerprint density at radius 2 is 1.80 bits per heavy atom. The highest BCUT2D eigenvalue weighted by Crippen LogP contribution is 2.24. The average Bonchev–Trinajstić information content (AvgIpc) is 3.36. The van der Waals surface area contributed by atoms with Crippen LogP contribution in [-0.2, 0) is 4.79 Å². The van der Waals surface area contributed by atoms with Crippen LogP contribution in [0.4, 0.5) is 15.8 Å². The summed E-state index contributed by atoms with van der Waals surface area (Å²) in [4.78, 5) is 26.9. The average molecular weight is 478 g/mol. The molecule has 7 nitrogen and oxygen atoms in total. The van der Waals surface area contributed by atoms with Crippen LogP contribution in [0.15, 0.2) is 72.8 Å². The van der Waals surface area contributed by atoms with Crippen LogP contribution in [-0.4, -0.2) is 45.2 Å². The van der Waals surface area contributed by atoms with Crippen molar-refractivity contribution in [3.63, 3.8) is 0 Å². The highest BCUT2D eigenvalue weighted by Gasteiger charge is 2.23. The Bertz CT molecular complexity index is 1150. The predicted octanol–water partition coefficient (Wildman–Crippen LogP) is 4.11. The minimum absolute atomic E-state index is 0.158. The number of amides is 2. The molecule has 8 heteroatoms. The Balaban J connectivity index is 1.20.